The van der Waals surface area contributed by atoms with E-state index in [2.05, 4.69) is 15.8 Å². The van der Waals surface area contributed by atoms with Gasteiger partial charge in [-0.05, 0) is 50.2 Å². The topological polar surface area (TPSA) is 45.7 Å². The zero-order chi connectivity index (χ0) is 15.2. The van der Waals surface area contributed by atoms with Crippen LogP contribution in [-0.4, -0.2) is 30.1 Å². The van der Waals surface area contributed by atoms with Crippen molar-refractivity contribution >= 4 is 23.0 Å². The molecule has 0 spiro atoms. The van der Waals surface area contributed by atoms with Crippen molar-refractivity contribution in [3.05, 3.63) is 35.4 Å². The van der Waals surface area contributed by atoms with Gasteiger partial charge in [-0.15, -0.1) is 0 Å². The maximum atomic E-state index is 13.1. The van der Waals surface area contributed by atoms with Crippen molar-refractivity contribution < 1.29 is 13.5 Å². The Balaban J connectivity index is 1.84. The van der Waals surface area contributed by atoms with E-state index in [0.29, 0.717) is 22.9 Å². The van der Waals surface area contributed by atoms with Gasteiger partial charge < -0.3 is 10.1 Å². The summed E-state index contributed by atoms with van der Waals surface area (Å²) in [7, 11) is 0. The summed E-state index contributed by atoms with van der Waals surface area (Å²) in [6.07, 6.45) is 2.27. The van der Waals surface area contributed by atoms with Crippen LogP contribution < -0.4 is 10.7 Å². The Morgan fingerprint density at radius 3 is 2.90 bits per heavy atom. The summed E-state index contributed by atoms with van der Waals surface area (Å²) in [5.74, 6) is -1.78. The van der Waals surface area contributed by atoms with Crippen molar-refractivity contribution in [3.8, 4) is 0 Å². The number of nitrogens with zero attached hydrogens (tertiary/aromatic N) is 1. The molecule has 1 aromatic rings. The fourth-order valence-corrected chi connectivity index (χ4v) is 2.10. The van der Waals surface area contributed by atoms with Crippen LogP contribution in [-0.2, 0) is 4.74 Å². The minimum atomic E-state index is -0.902. The van der Waals surface area contributed by atoms with Crippen molar-refractivity contribution in [2.75, 3.05) is 13.2 Å². The average molecular weight is 313 g/mol. The lowest BCUT2D eigenvalue weighted by atomic mass is 10.1. The van der Waals surface area contributed by atoms with Crippen molar-refractivity contribution in [3.63, 3.8) is 0 Å². The van der Waals surface area contributed by atoms with E-state index in [0.717, 1.165) is 31.6 Å². The summed E-state index contributed by atoms with van der Waals surface area (Å²) < 4.78 is 31.4. The van der Waals surface area contributed by atoms with E-state index in [1.54, 1.807) is 6.92 Å². The van der Waals surface area contributed by atoms with Crippen LogP contribution in [0.5, 0.6) is 0 Å². The standard InChI is InChI=1S/C14H17F2N3OS/c1-9(10-4-5-12(15)13(16)7-10)18-19-14(21)17-8-11-3-2-6-20-11/h4-5,7,11H,2-3,6,8H2,1H3,(H2,17,19,21)/b18-9-/t11-/m0/s1. The molecule has 1 fully saturated rings. The van der Waals surface area contributed by atoms with Gasteiger partial charge in [-0.1, -0.05) is 0 Å². The predicted octanol–water partition coefficient (Wildman–Crippen LogP) is 2.33. The molecule has 0 bridgehead atoms. The highest BCUT2D eigenvalue weighted by Crippen LogP contribution is 2.11. The Hall–Kier alpha value is -1.60. The second-order valence-corrected chi connectivity index (χ2v) is 5.19. The summed E-state index contributed by atoms with van der Waals surface area (Å²) in [4.78, 5) is 0. The van der Waals surface area contributed by atoms with Crippen LogP contribution in [0.3, 0.4) is 0 Å². The molecule has 1 aromatic carbocycles. The molecular formula is C14H17F2N3OS. The van der Waals surface area contributed by atoms with E-state index in [1.807, 2.05) is 0 Å². The number of nitrogens with one attached hydrogen (secondary N) is 2. The summed E-state index contributed by atoms with van der Waals surface area (Å²) in [5, 5.41) is 7.42. The van der Waals surface area contributed by atoms with E-state index in [4.69, 9.17) is 17.0 Å². The van der Waals surface area contributed by atoms with Gasteiger partial charge in [0.05, 0.1) is 11.8 Å². The van der Waals surface area contributed by atoms with Crippen LogP contribution in [0, 0.1) is 11.6 Å². The van der Waals surface area contributed by atoms with Gasteiger partial charge in [-0.2, -0.15) is 5.10 Å². The SMILES string of the molecule is C/C(=N/NC(=S)NC[C@@H]1CCCO1)c1ccc(F)c(F)c1. The molecule has 114 valence electrons. The second kappa shape index (κ2) is 7.42. The van der Waals surface area contributed by atoms with Gasteiger partial charge in [0.15, 0.2) is 16.7 Å². The molecular weight excluding hydrogens is 296 g/mol. The molecule has 2 rings (SSSR count). The van der Waals surface area contributed by atoms with Crippen LogP contribution in [0.1, 0.15) is 25.3 Å². The van der Waals surface area contributed by atoms with Crippen molar-refractivity contribution in [2.45, 2.75) is 25.9 Å². The van der Waals surface area contributed by atoms with E-state index in [1.165, 1.54) is 6.07 Å². The minimum Gasteiger partial charge on any atom is -0.376 e. The normalized spacial score (nSPS) is 18.6. The van der Waals surface area contributed by atoms with Gasteiger partial charge in [0.1, 0.15) is 0 Å². The first-order chi connectivity index (χ1) is 10.1. The molecule has 2 N–H and O–H groups in total. The maximum absolute atomic E-state index is 13.1. The number of thiocarbonyl (C=S) groups is 1. The molecule has 1 saturated heterocycles. The van der Waals surface area contributed by atoms with Crippen molar-refractivity contribution in [2.24, 2.45) is 5.10 Å². The average Bonchev–Trinajstić information content (AvgIpc) is 2.98. The molecule has 0 radical (unpaired) electrons. The minimum absolute atomic E-state index is 0.182. The van der Waals surface area contributed by atoms with Gasteiger partial charge in [0.25, 0.3) is 0 Å². The van der Waals surface area contributed by atoms with Crippen LogP contribution >= 0.6 is 12.2 Å². The smallest absolute Gasteiger partial charge is 0.187 e. The molecule has 7 heteroatoms. The van der Waals surface area contributed by atoms with Gasteiger partial charge in [0.2, 0.25) is 0 Å². The highest BCUT2D eigenvalue weighted by atomic mass is 32.1. The molecule has 4 nitrogen and oxygen atoms in total. The quantitative estimate of drug-likeness (QED) is 0.509. The van der Waals surface area contributed by atoms with Gasteiger partial charge in [-0.25, -0.2) is 8.78 Å². The van der Waals surface area contributed by atoms with Crippen LogP contribution in [0.25, 0.3) is 0 Å². The fourth-order valence-electron chi connectivity index (χ4n) is 1.97. The first kappa shape index (κ1) is 15.8. The van der Waals surface area contributed by atoms with Crippen LogP contribution in [0.15, 0.2) is 23.3 Å². The zero-order valence-corrected chi connectivity index (χ0v) is 12.5. The molecule has 0 saturated carbocycles. The lowest BCUT2D eigenvalue weighted by molar-refractivity contribution is 0.114. The van der Waals surface area contributed by atoms with Crippen LogP contribution in [0.4, 0.5) is 8.78 Å². The first-order valence-corrected chi connectivity index (χ1v) is 7.12. The molecule has 1 atom stereocenters. The third-order valence-corrected chi connectivity index (χ3v) is 3.41. The lowest BCUT2D eigenvalue weighted by Crippen LogP contribution is -2.37. The Labute approximate surface area is 127 Å². The third kappa shape index (κ3) is 4.71. The molecule has 0 amide bonds. The number of benzene rings is 1. The van der Waals surface area contributed by atoms with E-state index in [-0.39, 0.29) is 6.10 Å². The van der Waals surface area contributed by atoms with Crippen LogP contribution in [0.2, 0.25) is 0 Å². The summed E-state index contributed by atoms with van der Waals surface area (Å²) in [6.45, 7) is 3.11. The molecule has 1 aliphatic rings. The maximum Gasteiger partial charge on any atom is 0.187 e. The summed E-state index contributed by atoms with van der Waals surface area (Å²) in [6, 6.07) is 3.62. The highest BCUT2D eigenvalue weighted by Gasteiger charge is 2.15. The second-order valence-electron chi connectivity index (χ2n) is 4.78. The van der Waals surface area contributed by atoms with Gasteiger partial charge in [-0.3, -0.25) is 5.43 Å². The Bertz CT molecular complexity index is 545. The van der Waals surface area contributed by atoms with E-state index < -0.39 is 11.6 Å². The zero-order valence-electron chi connectivity index (χ0n) is 11.7. The number of rotatable bonds is 4. The molecule has 1 heterocycles. The summed E-state index contributed by atoms with van der Waals surface area (Å²) >= 11 is 5.08. The Kier molecular flexibility index (Phi) is 5.58. The molecule has 0 unspecified atom stereocenters. The largest absolute Gasteiger partial charge is 0.376 e. The number of hydrogen-bond donors (Lipinski definition) is 2. The van der Waals surface area contributed by atoms with Crippen molar-refractivity contribution in [1.29, 1.82) is 0 Å². The monoisotopic (exact) mass is 313 g/mol. The number of ether oxygens (including phenoxy) is 1. The third-order valence-electron chi connectivity index (χ3n) is 3.18. The Morgan fingerprint density at radius 2 is 2.24 bits per heavy atom. The molecule has 0 aromatic heterocycles. The molecule has 1 aliphatic heterocycles. The first-order valence-electron chi connectivity index (χ1n) is 6.71. The number of hydrazone groups is 1. The van der Waals surface area contributed by atoms with Gasteiger partial charge in [0, 0.05) is 18.7 Å². The molecule has 0 aliphatic carbocycles. The van der Waals surface area contributed by atoms with Gasteiger partial charge >= 0.3 is 0 Å². The molecule has 21 heavy (non-hydrogen) atoms. The highest BCUT2D eigenvalue weighted by molar-refractivity contribution is 7.80. The Morgan fingerprint density at radius 1 is 1.43 bits per heavy atom. The number of hydrogen-bond acceptors (Lipinski definition) is 3. The number of halogens is 2. The fraction of sp³-hybridized carbons (Fsp3) is 0.429. The lowest BCUT2D eigenvalue weighted by Gasteiger charge is -2.12. The van der Waals surface area contributed by atoms with E-state index >= 15 is 0 Å². The van der Waals surface area contributed by atoms with E-state index in [9.17, 15) is 8.78 Å². The van der Waals surface area contributed by atoms with Crippen molar-refractivity contribution in [1.82, 2.24) is 10.7 Å². The summed E-state index contributed by atoms with van der Waals surface area (Å²) in [5.41, 5.74) is 3.67. The predicted molar refractivity (Wildman–Crippen MR) is 81.3 cm³/mol.